The molecule has 1 heterocycles. The highest BCUT2D eigenvalue weighted by Gasteiger charge is 2.29. The second-order valence-corrected chi connectivity index (χ2v) is 6.29. The van der Waals surface area contributed by atoms with Crippen molar-refractivity contribution in [3.05, 3.63) is 24.3 Å². The second kappa shape index (κ2) is 6.67. The van der Waals surface area contributed by atoms with Gasteiger partial charge in [-0.3, -0.25) is 4.90 Å². The number of nitrogens with two attached hydrogens (primary N) is 1. The number of benzene rings is 1. The Morgan fingerprint density at radius 3 is 2.43 bits per heavy atom. The summed E-state index contributed by atoms with van der Waals surface area (Å²) >= 11 is 0. The Bertz CT molecular complexity index is 440. The summed E-state index contributed by atoms with van der Waals surface area (Å²) in [5, 5.41) is 0. The van der Waals surface area contributed by atoms with Crippen LogP contribution in [0.2, 0.25) is 0 Å². The summed E-state index contributed by atoms with van der Waals surface area (Å²) in [4.78, 5) is 5.13. The minimum Gasteiger partial charge on any atom is -0.399 e. The molecule has 2 atom stereocenters. The number of hydrogen-bond donors (Lipinski definition) is 1. The fourth-order valence-corrected chi connectivity index (χ4v) is 3.70. The molecule has 1 saturated carbocycles. The van der Waals surface area contributed by atoms with E-state index in [0.717, 1.165) is 37.9 Å². The van der Waals surface area contributed by atoms with E-state index in [4.69, 9.17) is 10.5 Å². The van der Waals surface area contributed by atoms with Crippen molar-refractivity contribution in [2.45, 2.75) is 37.8 Å². The maximum atomic E-state index is 5.76. The molecule has 1 aliphatic heterocycles. The predicted octanol–water partition coefficient (Wildman–Crippen LogP) is 2.35. The predicted molar refractivity (Wildman–Crippen MR) is 87.7 cm³/mol. The molecule has 1 saturated heterocycles. The van der Waals surface area contributed by atoms with Crippen LogP contribution in [0.25, 0.3) is 0 Å². The Balaban J connectivity index is 1.54. The lowest BCUT2D eigenvalue weighted by molar-refractivity contribution is 0.0264. The number of anilines is 2. The topological polar surface area (TPSA) is 41.7 Å². The van der Waals surface area contributed by atoms with Gasteiger partial charge in [-0.2, -0.15) is 0 Å². The van der Waals surface area contributed by atoms with Gasteiger partial charge in [-0.1, -0.05) is 0 Å². The molecule has 3 rings (SSSR count). The van der Waals surface area contributed by atoms with Crippen LogP contribution in [-0.2, 0) is 4.74 Å². The third kappa shape index (κ3) is 3.50. The summed E-state index contributed by atoms with van der Waals surface area (Å²) in [6, 6.07) is 8.97. The minimum absolute atomic E-state index is 0.471. The van der Waals surface area contributed by atoms with Crippen molar-refractivity contribution in [2.75, 3.05) is 43.9 Å². The maximum Gasteiger partial charge on any atom is 0.0586 e. The third-order valence-electron chi connectivity index (χ3n) is 5.02. The van der Waals surface area contributed by atoms with Crippen LogP contribution in [0.5, 0.6) is 0 Å². The van der Waals surface area contributed by atoms with E-state index < -0.39 is 0 Å². The first-order valence-corrected chi connectivity index (χ1v) is 8.13. The van der Waals surface area contributed by atoms with E-state index in [0.29, 0.717) is 6.10 Å². The van der Waals surface area contributed by atoms with Crippen LogP contribution in [0.15, 0.2) is 24.3 Å². The molecule has 4 heteroatoms. The molecule has 21 heavy (non-hydrogen) atoms. The fraction of sp³-hybridized carbons (Fsp3) is 0.647. The SMILES string of the molecule is COC1CCCC(N2CCN(c3ccc(N)cc3)CC2)C1. The van der Waals surface area contributed by atoms with Crippen molar-refractivity contribution >= 4 is 11.4 Å². The molecule has 0 spiro atoms. The Kier molecular flexibility index (Phi) is 4.66. The molecule has 1 aromatic carbocycles. The van der Waals surface area contributed by atoms with E-state index in [-0.39, 0.29) is 0 Å². The van der Waals surface area contributed by atoms with Gasteiger partial charge in [0.1, 0.15) is 0 Å². The van der Waals surface area contributed by atoms with Gasteiger partial charge in [0.2, 0.25) is 0 Å². The van der Waals surface area contributed by atoms with Crippen LogP contribution in [0.3, 0.4) is 0 Å². The summed E-state index contributed by atoms with van der Waals surface area (Å²) in [7, 11) is 1.85. The average Bonchev–Trinajstić information content (AvgIpc) is 2.56. The number of nitrogen functional groups attached to an aromatic ring is 1. The van der Waals surface area contributed by atoms with E-state index in [1.807, 2.05) is 19.2 Å². The van der Waals surface area contributed by atoms with Crippen LogP contribution in [-0.4, -0.2) is 50.3 Å². The molecular formula is C17H27N3O. The molecule has 2 aliphatic rings. The third-order valence-corrected chi connectivity index (χ3v) is 5.02. The van der Waals surface area contributed by atoms with Gasteiger partial charge in [-0.15, -0.1) is 0 Å². The van der Waals surface area contributed by atoms with Crippen molar-refractivity contribution in [1.29, 1.82) is 0 Å². The summed E-state index contributed by atoms with van der Waals surface area (Å²) in [6.07, 6.45) is 5.55. The van der Waals surface area contributed by atoms with Crippen LogP contribution >= 0.6 is 0 Å². The number of rotatable bonds is 3. The zero-order valence-corrected chi connectivity index (χ0v) is 13.0. The molecule has 4 nitrogen and oxygen atoms in total. The van der Waals surface area contributed by atoms with E-state index in [1.54, 1.807) is 0 Å². The molecule has 1 aliphatic carbocycles. The van der Waals surface area contributed by atoms with Gasteiger partial charge in [0, 0.05) is 50.7 Å². The highest BCUT2D eigenvalue weighted by molar-refractivity contribution is 5.53. The van der Waals surface area contributed by atoms with E-state index in [1.165, 1.54) is 31.4 Å². The fourth-order valence-electron chi connectivity index (χ4n) is 3.70. The first-order valence-electron chi connectivity index (χ1n) is 8.13. The van der Waals surface area contributed by atoms with Gasteiger partial charge in [0.05, 0.1) is 6.10 Å². The van der Waals surface area contributed by atoms with Crippen molar-refractivity contribution in [1.82, 2.24) is 4.90 Å². The van der Waals surface area contributed by atoms with Crippen LogP contribution < -0.4 is 10.6 Å². The Labute approximate surface area is 127 Å². The van der Waals surface area contributed by atoms with Crippen LogP contribution in [0, 0.1) is 0 Å². The lowest BCUT2D eigenvalue weighted by Gasteiger charge is -2.42. The summed E-state index contributed by atoms with van der Waals surface area (Å²) < 4.78 is 5.56. The van der Waals surface area contributed by atoms with Gasteiger partial charge in [-0.25, -0.2) is 0 Å². The van der Waals surface area contributed by atoms with Gasteiger partial charge < -0.3 is 15.4 Å². The molecule has 2 fully saturated rings. The Hall–Kier alpha value is -1.26. The average molecular weight is 289 g/mol. The maximum absolute atomic E-state index is 5.76. The van der Waals surface area contributed by atoms with Gasteiger partial charge in [0.25, 0.3) is 0 Å². The van der Waals surface area contributed by atoms with E-state index >= 15 is 0 Å². The molecule has 0 bridgehead atoms. The molecule has 0 aromatic heterocycles. The Morgan fingerprint density at radius 1 is 1.05 bits per heavy atom. The normalized spacial score (nSPS) is 27.8. The minimum atomic E-state index is 0.471. The molecule has 116 valence electrons. The molecule has 2 unspecified atom stereocenters. The molecule has 0 radical (unpaired) electrons. The van der Waals surface area contributed by atoms with Gasteiger partial charge in [-0.05, 0) is 49.9 Å². The quantitative estimate of drug-likeness (QED) is 0.867. The van der Waals surface area contributed by atoms with Crippen molar-refractivity contribution in [3.8, 4) is 0 Å². The van der Waals surface area contributed by atoms with E-state index in [9.17, 15) is 0 Å². The number of hydrogen-bond acceptors (Lipinski definition) is 4. The van der Waals surface area contributed by atoms with Crippen LogP contribution in [0.4, 0.5) is 11.4 Å². The zero-order valence-electron chi connectivity index (χ0n) is 13.0. The summed E-state index contributed by atoms with van der Waals surface area (Å²) in [5.74, 6) is 0. The van der Waals surface area contributed by atoms with Crippen molar-refractivity contribution in [3.63, 3.8) is 0 Å². The highest BCUT2D eigenvalue weighted by atomic mass is 16.5. The van der Waals surface area contributed by atoms with Gasteiger partial charge >= 0.3 is 0 Å². The number of ether oxygens (including phenoxy) is 1. The zero-order chi connectivity index (χ0) is 14.7. The monoisotopic (exact) mass is 289 g/mol. The smallest absolute Gasteiger partial charge is 0.0586 e. The summed E-state index contributed by atoms with van der Waals surface area (Å²) in [6.45, 7) is 4.53. The number of piperazine rings is 1. The lowest BCUT2D eigenvalue weighted by Crippen LogP contribution is -2.52. The molecule has 0 amide bonds. The van der Waals surface area contributed by atoms with Crippen molar-refractivity contribution in [2.24, 2.45) is 0 Å². The highest BCUT2D eigenvalue weighted by Crippen LogP contribution is 2.26. The number of nitrogens with zero attached hydrogens (tertiary/aromatic N) is 2. The first-order chi connectivity index (χ1) is 10.3. The molecule has 2 N–H and O–H groups in total. The molecule has 1 aromatic rings. The first kappa shape index (κ1) is 14.7. The van der Waals surface area contributed by atoms with Crippen LogP contribution in [0.1, 0.15) is 25.7 Å². The second-order valence-electron chi connectivity index (χ2n) is 6.29. The largest absolute Gasteiger partial charge is 0.399 e. The number of methoxy groups -OCH3 is 1. The standard InChI is InChI=1S/C17H27N3O/c1-21-17-4-2-3-16(13-17)20-11-9-19(10-12-20)15-7-5-14(18)6-8-15/h5-8,16-17H,2-4,9-13,18H2,1H3. The lowest BCUT2D eigenvalue weighted by atomic mass is 9.91. The summed E-state index contributed by atoms with van der Waals surface area (Å²) in [5.41, 5.74) is 7.90. The Morgan fingerprint density at radius 2 is 1.76 bits per heavy atom. The van der Waals surface area contributed by atoms with Crippen molar-refractivity contribution < 1.29 is 4.74 Å². The van der Waals surface area contributed by atoms with Gasteiger partial charge in [0.15, 0.2) is 0 Å². The molecular weight excluding hydrogens is 262 g/mol. The van der Waals surface area contributed by atoms with E-state index in [2.05, 4.69) is 21.9 Å².